The number of ether oxygens (including phenoxy) is 2. The monoisotopic (exact) mass is 367 g/mol. The Hall–Kier alpha value is -3.28. The molecule has 3 heterocycles. The second-order valence-corrected chi connectivity index (χ2v) is 7.06. The predicted molar refractivity (Wildman–Crippen MR) is 108 cm³/mol. The first-order valence-electron chi connectivity index (χ1n) is 9.35. The van der Waals surface area contributed by atoms with Crippen molar-refractivity contribution >= 4 is 32.7 Å². The first-order valence-corrected chi connectivity index (χ1v) is 9.35. The molecule has 2 unspecified atom stereocenters. The van der Waals surface area contributed by atoms with Gasteiger partial charge in [-0.2, -0.15) is 5.10 Å². The highest BCUT2D eigenvalue weighted by Gasteiger charge is 2.31. The fourth-order valence-corrected chi connectivity index (χ4v) is 4.00. The Kier molecular flexibility index (Phi) is 3.44. The fourth-order valence-electron chi connectivity index (χ4n) is 4.00. The molecule has 0 saturated carbocycles. The van der Waals surface area contributed by atoms with E-state index in [4.69, 9.17) is 9.47 Å². The Morgan fingerprint density at radius 3 is 2.71 bits per heavy atom. The Morgan fingerprint density at radius 1 is 0.857 bits per heavy atom. The summed E-state index contributed by atoms with van der Waals surface area (Å²) in [6, 6.07) is 24.5. The summed E-state index contributed by atoms with van der Waals surface area (Å²) < 4.78 is 12.2. The molecule has 1 fully saturated rings. The van der Waals surface area contributed by atoms with Crippen molar-refractivity contribution in [2.45, 2.75) is 12.4 Å². The maximum absolute atomic E-state index is 6.24. The lowest BCUT2D eigenvalue weighted by molar-refractivity contribution is -0.0639. The van der Waals surface area contributed by atoms with Crippen molar-refractivity contribution < 1.29 is 9.47 Å². The molecule has 5 nitrogen and oxygen atoms in total. The van der Waals surface area contributed by atoms with Crippen LogP contribution >= 0.6 is 0 Å². The van der Waals surface area contributed by atoms with Gasteiger partial charge < -0.3 is 14.5 Å². The van der Waals surface area contributed by atoms with Gasteiger partial charge >= 0.3 is 0 Å². The number of rotatable bonds is 2. The Bertz CT molecular complexity index is 1330. The van der Waals surface area contributed by atoms with Crippen molar-refractivity contribution in [2.24, 2.45) is 0 Å². The average Bonchev–Trinajstić information content (AvgIpc) is 3.38. The third kappa shape index (κ3) is 2.41. The van der Waals surface area contributed by atoms with Crippen LogP contribution < -0.4 is 0 Å². The van der Waals surface area contributed by atoms with Crippen molar-refractivity contribution in [3.63, 3.8) is 0 Å². The number of hydrogen-bond acceptors (Lipinski definition) is 4. The van der Waals surface area contributed by atoms with Crippen molar-refractivity contribution in [3.05, 3.63) is 84.1 Å². The minimum absolute atomic E-state index is 0.157. The number of hydrogen-bond donors (Lipinski definition) is 1. The Morgan fingerprint density at radius 2 is 1.71 bits per heavy atom. The average molecular weight is 367 g/mol. The second kappa shape index (κ2) is 6.12. The van der Waals surface area contributed by atoms with Crippen LogP contribution in [0.2, 0.25) is 0 Å². The Balaban J connectivity index is 1.37. The fraction of sp³-hybridized carbons (Fsp3) is 0.130. The third-order valence-electron chi connectivity index (χ3n) is 5.36. The topological polar surface area (TPSA) is 60.0 Å². The summed E-state index contributed by atoms with van der Waals surface area (Å²) in [7, 11) is 0. The molecule has 6 rings (SSSR count). The van der Waals surface area contributed by atoms with E-state index in [1.807, 2.05) is 36.4 Å². The van der Waals surface area contributed by atoms with Crippen molar-refractivity contribution in [1.29, 1.82) is 0 Å². The SMILES string of the molecule is c1ccc2nnc(C3OCC(c4cccc5c4[nH]c4ccccc45)O3)cc2c1. The molecule has 5 heteroatoms. The lowest BCUT2D eigenvalue weighted by atomic mass is 10.1. The highest BCUT2D eigenvalue weighted by atomic mass is 16.7. The van der Waals surface area contributed by atoms with Crippen LogP contribution in [-0.2, 0) is 9.47 Å². The largest absolute Gasteiger partial charge is 0.354 e. The van der Waals surface area contributed by atoms with Gasteiger partial charge in [-0.3, -0.25) is 0 Å². The van der Waals surface area contributed by atoms with E-state index in [1.54, 1.807) is 0 Å². The number of aromatic nitrogens is 3. The lowest BCUT2D eigenvalue weighted by Gasteiger charge is -2.12. The number of aromatic amines is 1. The molecule has 3 aromatic carbocycles. The van der Waals surface area contributed by atoms with Gasteiger partial charge in [0.15, 0.2) is 0 Å². The summed E-state index contributed by atoms with van der Waals surface area (Å²) in [5, 5.41) is 12.0. The van der Waals surface area contributed by atoms with Crippen LogP contribution in [0.3, 0.4) is 0 Å². The summed E-state index contributed by atoms with van der Waals surface area (Å²) in [6.07, 6.45) is -0.670. The van der Waals surface area contributed by atoms with Crippen molar-refractivity contribution in [3.8, 4) is 0 Å². The van der Waals surface area contributed by atoms with Crippen LogP contribution in [0.4, 0.5) is 0 Å². The van der Waals surface area contributed by atoms with Gasteiger partial charge in [0.2, 0.25) is 6.29 Å². The van der Waals surface area contributed by atoms with E-state index in [1.165, 1.54) is 10.8 Å². The van der Waals surface area contributed by atoms with Gasteiger partial charge in [0.1, 0.15) is 11.8 Å². The zero-order valence-corrected chi connectivity index (χ0v) is 15.0. The standard InChI is InChI=1S/C23H17N3O2/c1-3-10-18-14(6-1)12-20(26-25-18)23-27-13-21(28-23)17-9-5-8-16-15-7-2-4-11-19(15)24-22(16)17/h1-12,21,23-24H,13H2. The number of fused-ring (bicyclic) bond motifs is 4. The number of H-pyrrole nitrogens is 1. The molecule has 0 radical (unpaired) electrons. The summed E-state index contributed by atoms with van der Waals surface area (Å²) in [4.78, 5) is 3.54. The number of nitrogens with zero attached hydrogens (tertiary/aromatic N) is 2. The van der Waals surface area contributed by atoms with Gasteiger partial charge in [0.25, 0.3) is 0 Å². The molecule has 0 amide bonds. The van der Waals surface area contributed by atoms with E-state index in [0.29, 0.717) is 12.3 Å². The molecule has 0 spiro atoms. The van der Waals surface area contributed by atoms with Crippen LogP contribution in [0.25, 0.3) is 32.7 Å². The summed E-state index contributed by atoms with van der Waals surface area (Å²) in [5.74, 6) is 0. The van der Waals surface area contributed by atoms with E-state index in [9.17, 15) is 0 Å². The van der Waals surface area contributed by atoms with Crippen LogP contribution in [-0.4, -0.2) is 21.8 Å². The molecule has 28 heavy (non-hydrogen) atoms. The zero-order valence-electron chi connectivity index (χ0n) is 15.0. The van der Waals surface area contributed by atoms with Crippen molar-refractivity contribution in [2.75, 3.05) is 6.61 Å². The molecule has 5 aromatic rings. The molecule has 1 N–H and O–H groups in total. The van der Waals surface area contributed by atoms with Crippen LogP contribution in [0.1, 0.15) is 23.7 Å². The minimum Gasteiger partial charge on any atom is -0.354 e. The number of benzene rings is 3. The molecule has 2 atom stereocenters. The number of para-hydroxylation sites is 2. The smallest absolute Gasteiger partial charge is 0.203 e. The third-order valence-corrected chi connectivity index (χ3v) is 5.36. The molecule has 0 aliphatic carbocycles. The normalized spacial score (nSPS) is 19.7. The summed E-state index contributed by atoms with van der Waals surface area (Å²) in [5.41, 5.74) is 4.89. The van der Waals surface area contributed by atoms with Crippen LogP contribution in [0, 0.1) is 0 Å². The molecular weight excluding hydrogens is 350 g/mol. The van der Waals surface area contributed by atoms with Gasteiger partial charge in [0, 0.05) is 27.2 Å². The lowest BCUT2D eigenvalue weighted by Crippen LogP contribution is -2.04. The second-order valence-electron chi connectivity index (χ2n) is 7.06. The van der Waals surface area contributed by atoms with Crippen molar-refractivity contribution in [1.82, 2.24) is 15.2 Å². The minimum atomic E-state index is -0.512. The number of nitrogens with one attached hydrogen (secondary N) is 1. The molecule has 136 valence electrons. The first-order chi connectivity index (χ1) is 13.9. The maximum atomic E-state index is 6.24. The van der Waals surface area contributed by atoms with E-state index >= 15 is 0 Å². The molecule has 1 saturated heterocycles. The Labute approximate surface area is 160 Å². The van der Waals surface area contributed by atoms with E-state index in [-0.39, 0.29) is 6.10 Å². The highest BCUT2D eigenvalue weighted by molar-refractivity contribution is 6.08. The van der Waals surface area contributed by atoms with E-state index in [2.05, 4.69) is 51.6 Å². The van der Waals surface area contributed by atoms with Gasteiger partial charge in [0.05, 0.1) is 17.6 Å². The first kappa shape index (κ1) is 15.7. The van der Waals surface area contributed by atoms with E-state index < -0.39 is 6.29 Å². The molecule has 1 aliphatic heterocycles. The van der Waals surface area contributed by atoms with Crippen LogP contribution in [0.15, 0.2) is 72.8 Å². The van der Waals surface area contributed by atoms with Gasteiger partial charge in [-0.15, -0.1) is 5.10 Å². The molecule has 1 aliphatic rings. The molecule has 2 aromatic heterocycles. The van der Waals surface area contributed by atoms with Gasteiger partial charge in [-0.25, -0.2) is 0 Å². The van der Waals surface area contributed by atoms with E-state index in [0.717, 1.165) is 27.5 Å². The van der Waals surface area contributed by atoms with Gasteiger partial charge in [-0.05, 0) is 18.2 Å². The zero-order chi connectivity index (χ0) is 18.5. The highest BCUT2D eigenvalue weighted by Crippen LogP contribution is 2.38. The van der Waals surface area contributed by atoms with Crippen LogP contribution in [0.5, 0.6) is 0 Å². The molecular formula is C23H17N3O2. The maximum Gasteiger partial charge on any atom is 0.203 e. The summed E-state index contributed by atoms with van der Waals surface area (Å²) in [6.45, 7) is 0.480. The predicted octanol–water partition coefficient (Wildman–Crippen LogP) is 5.05. The van der Waals surface area contributed by atoms with Gasteiger partial charge in [-0.1, -0.05) is 54.6 Å². The quantitative estimate of drug-likeness (QED) is 0.474. The summed E-state index contributed by atoms with van der Waals surface area (Å²) >= 11 is 0. The molecule has 0 bridgehead atoms.